The summed E-state index contributed by atoms with van der Waals surface area (Å²) in [7, 11) is 0. The summed E-state index contributed by atoms with van der Waals surface area (Å²) < 4.78 is 17.4. The molecule has 3 aromatic carbocycles. The number of nitro groups is 3. The van der Waals surface area contributed by atoms with Gasteiger partial charge in [-0.15, -0.1) is 5.10 Å². The van der Waals surface area contributed by atoms with Gasteiger partial charge in [-0.25, -0.2) is 24.1 Å². The maximum atomic E-state index is 14.0. The minimum Gasteiger partial charge on any atom is -0.456 e. The maximum absolute atomic E-state index is 14.0. The predicted octanol–water partition coefficient (Wildman–Crippen LogP) is 1.63. The number of carbonyl (C=O) groups excluding carboxylic acids is 5. The molecule has 4 heterocycles. The smallest absolute Gasteiger partial charge is 0.414 e. The number of aliphatic hydroxyl groups excluding tert-OH is 1. The van der Waals surface area contributed by atoms with E-state index >= 15 is 0 Å². The number of benzene rings is 3. The molecule has 6 atom stereocenters. The maximum Gasteiger partial charge on any atom is 0.414 e. The minimum atomic E-state index is -1.23. The van der Waals surface area contributed by atoms with Gasteiger partial charge in [0.05, 0.1) is 38.9 Å². The Hall–Kier alpha value is -8.79. The van der Waals surface area contributed by atoms with Crippen LogP contribution in [0.1, 0.15) is 30.5 Å². The molecule has 28 nitrogen and oxygen atoms in total. The molecular weight excluding hydrogens is 927 g/mol. The van der Waals surface area contributed by atoms with E-state index in [1.807, 2.05) is 0 Å². The zero-order valence-corrected chi connectivity index (χ0v) is 37.1. The summed E-state index contributed by atoms with van der Waals surface area (Å²) in [4.78, 5) is 106. The van der Waals surface area contributed by atoms with Crippen molar-refractivity contribution in [2.75, 3.05) is 19.6 Å². The summed E-state index contributed by atoms with van der Waals surface area (Å²) in [6.45, 7) is 2.16. The molecule has 0 unspecified atom stereocenters. The van der Waals surface area contributed by atoms with Gasteiger partial charge in [-0.1, -0.05) is 6.92 Å². The van der Waals surface area contributed by atoms with Crippen molar-refractivity contribution >= 4 is 53.0 Å². The number of rotatable bonds is 17. The quantitative estimate of drug-likeness (QED) is 0.0222. The van der Waals surface area contributed by atoms with E-state index in [2.05, 4.69) is 36.5 Å². The summed E-state index contributed by atoms with van der Waals surface area (Å²) in [5.74, 6) is -3.58. The standard InChI is InChI=1S/C42H43N13O15/c1-23-31(37(39(59)68-19-25-3-9-28(10-4-25)53(62)63)52-36(23)35(38(52)58)24(2)44-34(57)18-51-22-43-48-49-51)15-50-16-32(33(56)17-50)45-40(46-41(60)69-20-26-5-11-29(12-6-26)54(64)65)47-42(61)70-21-27-7-13-30(14-8-27)55(66)67/h3-14,22-24,32-33,35-36,56H,15-21H2,1-2H3,(H,44,57)(H2,45,46,47,60,61)/t23-,24+,32-,33-,35+,36+/m0/s1. The van der Waals surface area contributed by atoms with Gasteiger partial charge in [-0.05, 0) is 76.0 Å². The van der Waals surface area contributed by atoms with Gasteiger partial charge in [0.2, 0.25) is 17.8 Å². The Bertz CT molecular complexity index is 2640. The molecule has 1 aromatic heterocycles. The van der Waals surface area contributed by atoms with Crippen LogP contribution < -0.4 is 16.0 Å². The number of alkyl carbamates (subject to hydrolysis) is 2. The monoisotopic (exact) mass is 969 g/mol. The van der Waals surface area contributed by atoms with Crippen LogP contribution in [0.4, 0.5) is 26.7 Å². The fourth-order valence-electron chi connectivity index (χ4n) is 8.18. The first-order valence-corrected chi connectivity index (χ1v) is 21.2. The Kier molecular flexibility index (Phi) is 15.1. The van der Waals surface area contributed by atoms with Crippen molar-refractivity contribution in [3.63, 3.8) is 0 Å². The zero-order valence-electron chi connectivity index (χ0n) is 37.1. The molecule has 28 heteroatoms. The van der Waals surface area contributed by atoms with Crippen LogP contribution in [-0.4, -0.2) is 130 Å². The number of nitrogens with one attached hydrogen (secondary N) is 3. The first-order chi connectivity index (χ1) is 33.4. The normalized spacial score (nSPS) is 19.8. The number of carbonyl (C=O) groups is 5. The molecule has 0 bridgehead atoms. The Labute approximate surface area is 394 Å². The molecule has 3 aliphatic heterocycles. The highest BCUT2D eigenvalue weighted by Gasteiger charge is 2.60. The molecule has 7 rings (SSSR count). The number of guanidine groups is 1. The topological polar surface area (TPSA) is 361 Å². The molecule has 4 N–H and O–H groups in total. The van der Waals surface area contributed by atoms with E-state index in [0.717, 1.165) is 0 Å². The fraction of sp³-hybridized carbons (Fsp3) is 0.357. The van der Waals surface area contributed by atoms with E-state index in [9.17, 15) is 59.4 Å². The molecule has 70 heavy (non-hydrogen) atoms. The number of nitro benzene ring substituents is 3. The number of tetrazole rings is 1. The van der Waals surface area contributed by atoms with E-state index in [4.69, 9.17) is 14.2 Å². The van der Waals surface area contributed by atoms with Crippen LogP contribution in [0.5, 0.6) is 0 Å². The average molecular weight is 970 g/mol. The molecule has 0 saturated carbocycles. The van der Waals surface area contributed by atoms with Crippen molar-refractivity contribution in [3.05, 3.63) is 137 Å². The molecule has 0 aliphatic carbocycles. The number of amides is 4. The number of aliphatic imine (C=N–C) groups is 1. The lowest BCUT2D eigenvalue weighted by Crippen LogP contribution is -2.66. The molecule has 2 saturated heterocycles. The second-order valence-electron chi connectivity index (χ2n) is 16.3. The Morgan fingerprint density at radius 1 is 0.800 bits per heavy atom. The highest BCUT2D eigenvalue weighted by Crippen LogP contribution is 2.48. The third kappa shape index (κ3) is 11.7. The molecular formula is C42H43N13O15. The molecule has 0 radical (unpaired) electrons. The van der Waals surface area contributed by atoms with Gasteiger partial charge in [0, 0.05) is 68.0 Å². The fourth-order valence-corrected chi connectivity index (χ4v) is 8.18. The van der Waals surface area contributed by atoms with Crippen molar-refractivity contribution in [2.45, 2.75) is 64.4 Å². The van der Waals surface area contributed by atoms with Gasteiger partial charge in [0.1, 0.15) is 38.4 Å². The molecule has 0 spiro atoms. The van der Waals surface area contributed by atoms with E-state index in [-0.39, 0.29) is 68.8 Å². The third-order valence-electron chi connectivity index (χ3n) is 11.6. The second kappa shape index (κ2) is 21.4. The van der Waals surface area contributed by atoms with E-state index < -0.39 is 86.8 Å². The number of ether oxygens (including phenoxy) is 3. The van der Waals surface area contributed by atoms with Gasteiger partial charge in [-0.2, -0.15) is 0 Å². The summed E-state index contributed by atoms with van der Waals surface area (Å²) in [5, 5.41) is 62.7. The largest absolute Gasteiger partial charge is 0.456 e. The number of non-ortho nitro benzene ring substituents is 3. The van der Waals surface area contributed by atoms with Crippen LogP contribution in [-0.2, 0) is 55.0 Å². The molecule has 4 amide bonds. The number of hydrogen-bond donors (Lipinski definition) is 4. The number of aromatic nitrogens is 4. The van der Waals surface area contributed by atoms with Crippen LogP contribution in [0.2, 0.25) is 0 Å². The third-order valence-corrected chi connectivity index (χ3v) is 11.6. The van der Waals surface area contributed by atoms with Crippen LogP contribution in [0, 0.1) is 42.2 Å². The number of nitrogens with zero attached hydrogens (tertiary/aromatic N) is 10. The predicted molar refractivity (Wildman–Crippen MR) is 235 cm³/mol. The van der Waals surface area contributed by atoms with Crippen LogP contribution in [0.25, 0.3) is 0 Å². The molecule has 3 aliphatic rings. The van der Waals surface area contributed by atoms with Gasteiger partial charge >= 0.3 is 18.2 Å². The molecule has 4 aromatic rings. The number of fused-ring (bicyclic) bond motifs is 1. The van der Waals surface area contributed by atoms with Crippen LogP contribution >= 0.6 is 0 Å². The van der Waals surface area contributed by atoms with Crippen LogP contribution in [0.3, 0.4) is 0 Å². The van der Waals surface area contributed by atoms with Crippen molar-refractivity contribution in [2.24, 2.45) is 16.8 Å². The lowest BCUT2D eigenvalue weighted by molar-refractivity contribution is -0.385. The second-order valence-corrected chi connectivity index (χ2v) is 16.3. The lowest BCUT2D eigenvalue weighted by atomic mass is 9.76. The van der Waals surface area contributed by atoms with Gasteiger partial charge in [-0.3, -0.25) is 55.5 Å². The summed E-state index contributed by atoms with van der Waals surface area (Å²) >= 11 is 0. The first-order valence-electron chi connectivity index (χ1n) is 21.2. The van der Waals surface area contributed by atoms with E-state index in [0.29, 0.717) is 22.3 Å². The number of β-amino-alcohol motifs (C(OH)–C–C–N with tert-alkyl or cyclic N) is 1. The zero-order chi connectivity index (χ0) is 50.2. The van der Waals surface area contributed by atoms with Crippen molar-refractivity contribution in [3.8, 4) is 0 Å². The number of esters is 1. The van der Waals surface area contributed by atoms with Gasteiger partial charge < -0.3 is 29.5 Å². The average Bonchev–Trinajstić information content (AvgIpc) is 4.03. The first kappa shape index (κ1) is 49.1. The van der Waals surface area contributed by atoms with E-state index in [1.54, 1.807) is 18.7 Å². The van der Waals surface area contributed by atoms with E-state index in [1.165, 1.54) is 88.7 Å². The number of hydrogen-bond acceptors (Lipinski definition) is 20. The SMILES string of the molecule is C[C@@H](NC(=O)Cn1cnnn1)[C@H]1C(=O)N2C(C(=O)OCc3ccc([N+](=O)[O-])cc3)=C(CN3C[C@H](N=C(NC(=O)OCc4ccc([N+](=O)[O-])cc4)NC(=O)OCc4ccc([N+](=O)[O-])cc4)[C@@H](O)C3)[C@H](C)[C@H]12. The summed E-state index contributed by atoms with van der Waals surface area (Å²) in [6.07, 6.45) is -2.22. The molecule has 2 fully saturated rings. The lowest BCUT2D eigenvalue weighted by Gasteiger charge is -2.48. The number of likely N-dealkylation sites (tertiary alicyclic amines) is 1. The minimum absolute atomic E-state index is 0.00992. The Balaban J connectivity index is 1.08. The van der Waals surface area contributed by atoms with Crippen molar-refractivity contribution in [1.82, 2.24) is 46.0 Å². The van der Waals surface area contributed by atoms with Crippen molar-refractivity contribution < 1.29 is 58.1 Å². The summed E-state index contributed by atoms with van der Waals surface area (Å²) in [5.41, 5.74) is 1.08. The highest BCUT2D eigenvalue weighted by molar-refractivity contribution is 6.02. The summed E-state index contributed by atoms with van der Waals surface area (Å²) in [6, 6.07) is 13.4. The Morgan fingerprint density at radius 2 is 1.30 bits per heavy atom. The van der Waals surface area contributed by atoms with Gasteiger partial charge in [0.25, 0.3) is 17.1 Å². The number of β-lactam (4-membered cyclic amide) rings is 1. The highest BCUT2D eigenvalue weighted by atomic mass is 16.6. The number of aliphatic hydroxyl groups is 1. The molecule has 366 valence electrons. The van der Waals surface area contributed by atoms with Crippen molar-refractivity contribution in [1.29, 1.82) is 0 Å². The Morgan fingerprint density at radius 3 is 1.77 bits per heavy atom. The van der Waals surface area contributed by atoms with Crippen LogP contribution in [0.15, 0.2) is 95.4 Å². The van der Waals surface area contributed by atoms with Gasteiger partial charge in [0.15, 0.2) is 0 Å².